The first-order chi connectivity index (χ1) is 6.63. The summed E-state index contributed by atoms with van der Waals surface area (Å²) in [6.45, 7) is 0. The topological polar surface area (TPSA) is 44.0 Å². The van der Waals surface area contributed by atoms with Gasteiger partial charge in [-0.05, 0) is 36.1 Å². The minimum Gasteiger partial charge on any atom is -0.375 e. The Balaban J connectivity index is 2.39. The number of nitriles is 1. The molecule has 1 aliphatic rings. The fourth-order valence-electron chi connectivity index (χ4n) is 1.84. The smallest absolute Gasteiger partial charge is 0.155 e. The number of aliphatic hydroxyl groups is 1. The molecule has 0 amide bonds. The van der Waals surface area contributed by atoms with Crippen molar-refractivity contribution in [3.05, 3.63) is 34.3 Å². The summed E-state index contributed by atoms with van der Waals surface area (Å²) in [7, 11) is 0. The molecule has 0 bridgehead atoms. The Morgan fingerprint density at radius 1 is 1.43 bits per heavy atom. The Morgan fingerprint density at radius 3 is 2.93 bits per heavy atom. The van der Waals surface area contributed by atoms with Gasteiger partial charge in [0.2, 0.25) is 0 Å². The van der Waals surface area contributed by atoms with Crippen molar-refractivity contribution in [2.24, 2.45) is 0 Å². The molecule has 14 heavy (non-hydrogen) atoms. The maximum atomic E-state index is 9.81. The lowest BCUT2D eigenvalue weighted by Gasteiger charge is -2.27. The van der Waals surface area contributed by atoms with Gasteiger partial charge >= 0.3 is 0 Å². The Labute approximate surface area is 87.7 Å². The molecule has 0 fully saturated rings. The van der Waals surface area contributed by atoms with E-state index in [-0.39, 0.29) is 0 Å². The van der Waals surface area contributed by atoms with Crippen LogP contribution in [0, 0.1) is 11.3 Å². The van der Waals surface area contributed by atoms with Gasteiger partial charge in [0.05, 0.1) is 6.07 Å². The first kappa shape index (κ1) is 9.51. The molecule has 0 heterocycles. The van der Waals surface area contributed by atoms with Crippen molar-refractivity contribution >= 4 is 11.6 Å². The number of aryl methyl sites for hydroxylation is 1. The van der Waals surface area contributed by atoms with Gasteiger partial charge in [0.1, 0.15) is 0 Å². The van der Waals surface area contributed by atoms with E-state index in [2.05, 4.69) is 0 Å². The highest BCUT2D eigenvalue weighted by Crippen LogP contribution is 2.29. The zero-order valence-electron chi connectivity index (χ0n) is 7.63. The molecule has 2 nitrogen and oxygen atoms in total. The van der Waals surface area contributed by atoms with Crippen molar-refractivity contribution in [1.29, 1.82) is 5.26 Å². The number of hydrogen-bond acceptors (Lipinski definition) is 2. The van der Waals surface area contributed by atoms with E-state index in [4.69, 9.17) is 16.9 Å². The average molecular weight is 208 g/mol. The van der Waals surface area contributed by atoms with E-state index in [1.54, 1.807) is 0 Å². The van der Waals surface area contributed by atoms with E-state index in [9.17, 15) is 5.11 Å². The Morgan fingerprint density at radius 2 is 2.21 bits per heavy atom. The minimum atomic E-state index is -1.20. The lowest BCUT2D eigenvalue weighted by Crippen LogP contribution is -2.33. The number of nitrogens with zero attached hydrogens (tertiary/aromatic N) is 1. The summed E-state index contributed by atoms with van der Waals surface area (Å²) in [5.41, 5.74) is 0.986. The van der Waals surface area contributed by atoms with Crippen LogP contribution < -0.4 is 0 Å². The van der Waals surface area contributed by atoms with Crippen LogP contribution in [0.2, 0.25) is 5.02 Å². The molecule has 1 aromatic rings. The monoisotopic (exact) mass is 207 g/mol. The third kappa shape index (κ3) is 1.61. The number of hydrogen-bond donors (Lipinski definition) is 1. The van der Waals surface area contributed by atoms with Crippen molar-refractivity contribution in [3.63, 3.8) is 0 Å². The van der Waals surface area contributed by atoms with E-state index in [0.717, 1.165) is 12.0 Å². The molecule has 2 rings (SSSR count). The van der Waals surface area contributed by atoms with Crippen LogP contribution in [0.5, 0.6) is 0 Å². The summed E-state index contributed by atoms with van der Waals surface area (Å²) in [6.07, 6.45) is 1.65. The normalized spacial score (nSPS) is 25.2. The zero-order chi connectivity index (χ0) is 10.2. The summed E-state index contributed by atoms with van der Waals surface area (Å²) in [5, 5.41) is 19.3. The van der Waals surface area contributed by atoms with Gasteiger partial charge in [-0.3, -0.25) is 0 Å². The maximum absolute atomic E-state index is 9.81. The molecule has 1 N–H and O–H groups in total. The lowest BCUT2D eigenvalue weighted by molar-refractivity contribution is 0.0840. The summed E-state index contributed by atoms with van der Waals surface area (Å²) >= 11 is 5.85. The van der Waals surface area contributed by atoms with Crippen LogP contribution in [0.1, 0.15) is 17.5 Å². The highest BCUT2D eigenvalue weighted by Gasteiger charge is 2.31. The Kier molecular flexibility index (Phi) is 2.22. The third-order valence-electron chi connectivity index (χ3n) is 2.67. The van der Waals surface area contributed by atoms with Crippen LogP contribution in [-0.2, 0) is 12.8 Å². The lowest BCUT2D eigenvalue weighted by atomic mass is 9.81. The van der Waals surface area contributed by atoms with Crippen LogP contribution in [0.25, 0.3) is 0 Å². The minimum absolute atomic E-state index is 0.388. The van der Waals surface area contributed by atoms with Crippen LogP contribution in [0.4, 0.5) is 0 Å². The predicted molar refractivity (Wildman–Crippen MR) is 54.0 cm³/mol. The Hall–Kier alpha value is -1.04. The quantitative estimate of drug-likeness (QED) is 0.662. The van der Waals surface area contributed by atoms with Crippen molar-refractivity contribution in [2.45, 2.75) is 24.9 Å². The summed E-state index contributed by atoms with van der Waals surface area (Å²) in [4.78, 5) is 0. The average Bonchev–Trinajstić information content (AvgIpc) is 2.17. The van der Waals surface area contributed by atoms with Crippen molar-refractivity contribution in [1.82, 2.24) is 0 Å². The van der Waals surface area contributed by atoms with E-state index >= 15 is 0 Å². The van der Waals surface area contributed by atoms with E-state index in [0.29, 0.717) is 17.9 Å². The van der Waals surface area contributed by atoms with Gasteiger partial charge in [0.15, 0.2) is 5.60 Å². The van der Waals surface area contributed by atoms with E-state index < -0.39 is 5.60 Å². The molecule has 1 unspecified atom stereocenters. The van der Waals surface area contributed by atoms with Crippen LogP contribution in [0.3, 0.4) is 0 Å². The fourth-order valence-corrected chi connectivity index (χ4v) is 2.04. The summed E-state index contributed by atoms with van der Waals surface area (Å²) in [5.74, 6) is 0. The van der Waals surface area contributed by atoms with Gasteiger partial charge in [0.25, 0.3) is 0 Å². The largest absolute Gasteiger partial charge is 0.375 e. The molecule has 0 spiro atoms. The fraction of sp³-hybridized carbons (Fsp3) is 0.364. The maximum Gasteiger partial charge on any atom is 0.155 e. The van der Waals surface area contributed by atoms with Crippen molar-refractivity contribution in [2.75, 3.05) is 0 Å². The highest BCUT2D eigenvalue weighted by atomic mass is 35.5. The second kappa shape index (κ2) is 3.27. The molecular formula is C11H10ClNO. The van der Waals surface area contributed by atoms with Crippen molar-refractivity contribution < 1.29 is 5.11 Å². The first-order valence-electron chi connectivity index (χ1n) is 4.54. The third-order valence-corrected chi connectivity index (χ3v) is 2.90. The second-order valence-electron chi connectivity index (χ2n) is 3.73. The van der Waals surface area contributed by atoms with Crippen LogP contribution in [0.15, 0.2) is 18.2 Å². The number of halogens is 1. The molecule has 0 radical (unpaired) electrons. The number of benzene rings is 1. The number of rotatable bonds is 0. The molecule has 0 saturated carbocycles. The summed E-state index contributed by atoms with van der Waals surface area (Å²) in [6, 6.07) is 7.60. The second-order valence-corrected chi connectivity index (χ2v) is 4.17. The van der Waals surface area contributed by atoms with Gasteiger partial charge in [-0.1, -0.05) is 17.7 Å². The first-order valence-corrected chi connectivity index (χ1v) is 4.92. The van der Waals surface area contributed by atoms with Crippen LogP contribution in [-0.4, -0.2) is 10.7 Å². The van der Waals surface area contributed by atoms with Crippen LogP contribution >= 0.6 is 11.6 Å². The van der Waals surface area contributed by atoms with Gasteiger partial charge in [-0.25, -0.2) is 0 Å². The molecule has 0 aromatic heterocycles. The highest BCUT2D eigenvalue weighted by molar-refractivity contribution is 6.30. The Bertz CT molecular complexity index is 410. The molecule has 3 heteroatoms. The SMILES string of the molecule is N#CC1(O)CCc2ccc(Cl)cc2C1. The number of fused-ring (bicyclic) bond motifs is 1. The summed E-state index contributed by atoms with van der Waals surface area (Å²) < 4.78 is 0. The van der Waals surface area contributed by atoms with Gasteiger partial charge in [-0.15, -0.1) is 0 Å². The molecular weight excluding hydrogens is 198 g/mol. The van der Waals surface area contributed by atoms with E-state index in [1.807, 2.05) is 24.3 Å². The molecule has 0 saturated heterocycles. The van der Waals surface area contributed by atoms with Crippen molar-refractivity contribution in [3.8, 4) is 6.07 Å². The standard InChI is InChI=1S/C11H10ClNO/c12-10-2-1-8-3-4-11(14,7-13)6-9(8)5-10/h1-2,5,14H,3-4,6H2. The van der Waals surface area contributed by atoms with E-state index in [1.165, 1.54) is 5.56 Å². The predicted octanol–water partition coefficient (Wildman–Crippen LogP) is 2.08. The molecule has 1 aliphatic carbocycles. The van der Waals surface area contributed by atoms with Gasteiger partial charge in [-0.2, -0.15) is 5.26 Å². The molecule has 1 aromatic carbocycles. The van der Waals surface area contributed by atoms with Gasteiger partial charge in [0, 0.05) is 11.4 Å². The molecule has 0 aliphatic heterocycles. The van der Waals surface area contributed by atoms with Gasteiger partial charge < -0.3 is 5.11 Å². The zero-order valence-corrected chi connectivity index (χ0v) is 8.38. The molecule has 72 valence electrons. The molecule has 1 atom stereocenters.